The highest BCUT2D eigenvalue weighted by Gasteiger charge is 2.25. The van der Waals surface area contributed by atoms with Crippen molar-refractivity contribution in [2.24, 2.45) is 10.4 Å². The molecule has 0 saturated carbocycles. The summed E-state index contributed by atoms with van der Waals surface area (Å²) in [6.07, 6.45) is 1.18. The molecule has 1 atom stereocenters. The number of rotatable bonds is 2. The second-order valence-electron chi connectivity index (χ2n) is 6.19. The summed E-state index contributed by atoms with van der Waals surface area (Å²) < 4.78 is 0. The third-order valence-electron chi connectivity index (χ3n) is 3.07. The third kappa shape index (κ3) is 4.15. The van der Waals surface area contributed by atoms with Gasteiger partial charge in [-0.15, -0.1) is 0 Å². The second-order valence-corrected chi connectivity index (χ2v) is 7.88. The summed E-state index contributed by atoms with van der Waals surface area (Å²) in [6.45, 7) is 9.77. The SMILES string of the molecule is Cc1c(Cl)cccc1NC1=NCC(CC(C)(C)C)S1. The standard InChI is InChI=1S/C15H21ClN2S/c1-10-12(16)6-5-7-13(10)18-14-17-9-11(19-14)8-15(2,3)4/h5-7,11H,8-9H2,1-4H3,(H,17,18). The van der Waals surface area contributed by atoms with Crippen molar-refractivity contribution in [3.63, 3.8) is 0 Å². The summed E-state index contributed by atoms with van der Waals surface area (Å²) in [5.74, 6) is 0. The van der Waals surface area contributed by atoms with Crippen molar-refractivity contribution in [3.05, 3.63) is 28.8 Å². The number of nitrogens with zero attached hydrogens (tertiary/aromatic N) is 1. The van der Waals surface area contributed by atoms with Crippen molar-refractivity contribution in [1.82, 2.24) is 0 Å². The number of amidine groups is 1. The highest BCUT2D eigenvalue weighted by Crippen LogP contribution is 2.33. The summed E-state index contributed by atoms with van der Waals surface area (Å²) in [5, 5.41) is 5.78. The first-order chi connectivity index (χ1) is 8.85. The molecule has 1 heterocycles. The fourth-order valence-corrected chi connectivity index (χ4v) is 3.67. The molecule has 1 aliphatic heterocycles. The van der Waals surface area contributed by atoms with Crippen LogP contribution in [0.2, 0.25) is 5.02 Å². The van der Waals surface area contributed by atoms with E-state index in [4.69, 9.17) is 11.6 Å². The minimum absolute atomic E-state index is 0.356. The highest BCUT2D eigenvalue weighted by molar-refractivity contribution is 8.15. The molecule has 0 amide bonds. The van der Waals surface area contributed by atoms with E-state index >= 15 is 0 Å². The Balaban J connectivity index is 1.97. The first-order valence-electron chi connectivity index (χ1n) is 6.58. The van der Waals surface area contributed by atoms with Crippen molar-refractivity contribution in [2.75, 3.05) is 11.9 Å². The van der Waals surface area contributed by atoms with E-state index in [1.807, 2.05) is 36.9 Å². The van der Waals surface area contributed by atoms with E-state index in [2.05, 4.69) is 31.1 Å². The summed E-state index contributed by atoms with van der Waals surface area (Å²) in [7, 11) is 0. The monoisotopic (exact) mass is 296 g/mol. The van der Waals surface area contributed by atoms with Gasteiger partial charge in [-0.25, -0.2) is 0 Å². The van der Waals surface area contributed by atoms with Crippen LogP contribution in [0.4, 0.5) is 5.69 Å². The Labute approximate surface area is 125 Å². The number of thioether (sulfide) groups is 1. The lowest BCUT2D eigenvalue weighted by Gasteiger charge is -2.21. The van der Waals surface area contributed by atoms with Crippen LogP contribution in [0.3, 0.4) is 0 Å². The molecule has 1 aromatic carbocycles. The summed E-state index contributed by atoms with van der Waals surface area (Å²) in [4.78, 5) is 4.59. The van der Waals surface area contributed by atoms with Crippen molar-refractivity contribution >= 4 is 34.2 Å². The van der Waals surface area contributed by atoms with E-state index in [9.17, 15) is 0 Å². The summed E-state index contributed by atoms with van der Waals surface area (Å²) >= 11 is 7.97. The number of hydrogen-bond donors (Lipinski definition) is 1. The number of hydrogen-bond acceptors (Lipinski definition) is 3. The van der Waals surface area contributed by atoms with Crippen LogP contribution in [0.5, 0.6) is 0 Å². The molecule has 0 bridgehead atoms. The lowest BCUT2D eigenvalue weighted by molar-refractivity contribution is 0.375. The molecule has 0 fully saturated rings. The molecule has 1 aromatic rings. The molecule has 0 radical (unpaired) electrons. The molecule has 0 aliphatic carbocycles. The van der Waals surface area contributed by atoms with Crippen LogP contribution in [-0.2, 0) is 0 Å². The fourth-order valence-electron chi connectivity index (χ4n) is 2.13. The molecule has 104 valence electrons. The van der Waals surface area contributed by atoms with Crippen LogP contribution >= 0.6 is 23.4 Å². The maximum atomic E-state index is 6.13. The van der Waals surface area contributed by atoms with E-state index in [1.165, 1.54) is 6.42 Å². The molecule has 1 unspecified atom stereocenters. The average molecular weight is 297 g/mol. The Hall–Kier alpha value is -0.670. The predicted molar refractivity (Wildman–Crippen MR) is 87.6 cm³/mol. The Morgan fingerprint density at radius 1 is 1.42 bits per heavy atom. The largest absolute Gasteiger partial charge is 0.335 e. The maximum Gasteiger partial charge on any atom is 0.161 e. The van der Waals surface area contributed by atoms with Gasteiger partial charge in [0.1, 0.15) is 0 Å². The second kappa shape index (κ2) is 5.76. The van der Waals surface area contributed by atoms with Crippen molar-refractivity contribution < 1.29 is 0 Å². The molecule has 0 saturated heterocycles. The van der Waals surface area contributed by atoms with Crippen molar-refractivity contribution in [2.45, 2.75) is 39.4 Å². The van der Waals surface area contributed by atoms with Gasteiger partial charge in [0, 0.05) is 16.0 Å². The Kier molecular flexibility index (Phi) is 4.46. The van der Waals surface area contributed by atoms with Gasteiger partial charge in [-0.3, -0.25) is 4.99 Å². The number of anilines is 1. The molecular formula is C15H21ClN2S. The van der Waals surface area contributed by atoms with Crippen molar-refractivity contribution in [1.29, 1.82) is 0 Å². The molecule has 1 N–H and O–H groups in total. The normalized spacial score (nSPS) is 19.4. The van der Waals surface area contributed by atoms with Crippen LogP contribution in [0.15, 0.2) is 23.2 Å². The topological polar surface area (TPSA) is 24.4 Å². The van der Waals surface area contributed by atoms with Gasteiger partial charge in [0.2, 0.25) is 0 Å². The van der Waals surface area contributed by atoms with Crippen LogP contribution in [-0.4, -0.2) is 17.0 Å². The van der Waals surface area contributed by atoms with Gasteiger partial charge in [-0.2, -0.15) is 0 Å². The third-order valence-corrected chi connectivity index (χ3v) is 4.58. The van der Waals surface area contributed by atoms with Gasteiger partial charge in [-0.1, -0.05) is 50.2 Å². The lowest BCUT2D eigenvalue weighted by Crippen LogP contribution is -2.16. The smallest absolute Gasteiger partial charge is 0.161 e. The maximum absolute atomic E-state index is 6.13. The zero-order chi connectivity index (χ0) is 14.0. The quantitative estimate of drug-likeness (QED) is 0.833. The summed E-state index contributed by atoms with van der Waals surface area (Å²) in [6, 6.07) is 5.92. The van der Waals surface area contributed by atoms with Gasteiger partial charge in [0.15, 0.2) is 5.17 Å². The first-order valence-corrected chi connectivity index (χ1v) is 7.84. The van der Waals surface area contributed by atoms with Gasteiger partial charge in [-0.05, 0) is 36.5 Å². The van der Waals surface area contributed by atoms with E-state index in [0.717, 1.165) is 28.0 Å². The number of benzene rings is 1. The van der Waals surface area contributed by atoms with Crippen LogP contribution in [0, 0.1) is 12.3 Å². The minimum atomic E-state index is 0.356. The van der Waals surface area contributed by atoms with E-state index in [-0.39, 0.29) is 0 Å². The van der Waals surface area contributed by atoms with Gasteiger partial charge in [0.25, 0.3) is 0 Å². The molecule has 4 heteroatoms. The zero-order valence-electron chi connectivity index (χ0n) is 12.0. The number of halogens is 1. The van der Waals surface area contributed by atoms with Gasteiger partial charge < -0.3 is 5.32 Å². The molecule has 1 aliphatic rings. The molecule has 2 rings (SSSR count). The Bertz CT molecular complexity index is 491. The van der Waals surface area contributed by atoms with Crippen LogP contribution in [0.1, 0.15) is 32.8 Å². The number of nitrogens with one attached hydrogen (secondary N) is 1. The van der Waals surface area contributed by atoms with Crippen LogP contribution < -0.4 is 5.32 Å². The molecule has 19 heavy (non-hydrogen) atoms. The van der Waals surface area contributed by atoms with E-state index < -0.39 is 0 Å². The Morgan fingerprint density at radius 2 is 2.16 bits per heavy atom. The molecular weight excluding hydrogens is 276 g/mol. The predicted octanol–water partition coefficient (Wildman–Crippen LogP) is 4.97. The first kappa shape index (κ1) is 14.7. The van der Waals surface area contributed by atoms with Crippen molar-refractivity contribution in [3.8, 4) is 0 Å². The molecule has 0 aromatic heterocycles. The zero-order valence-corrected chi connectivity index (χ0v) is 13.5. The highest BCUT2D eigenvalue weighted by atomic mass is 35.5. The van der Waals surface area contributed by atoms with Gasteiger partial charge in [0.05, 0.1) is 6.54 Å². The molecule has 2 nitrogen and oxygen atoms in total. The minimum Gasteiger partial charge on any atom is -0.335 e. The van der Waals surface area contributed by atoms with E-state index in [0.29, 0.717) is 10.7 Å². The fraction of sp³-hybridized carbons (Fsp3) is 0.533. The Morgan fingerprint density at radius 3 is 2.84 bits per heavy atom. The van der Waals surface area contributed by atoms with E-state index in [1.54, 1.807) is 0 Å². The lowest BCUT2D eigenvalue weighted by atomic mass is 9.90. The average Bonchev–Trinajstić information content (AvgIpc) is 2.70. The summed E-state index contributed by atoms with van der Waals surface area (Å²) in [5.41, 5.74) is 2.48. The van der Waals surface area contributed by atoms with Crippen LogP contribution in [0.25, 0.3) is 0 Å². The van der Waals surface area contributed by atoms with Gasteiger partial charge >= 0.3 is 0 Å². The molecule has 0 spiro atoms. The number of aliphatic imine (C=N–C) groups is 1.